The molecule has 0 spiro atoms. The Morgan fingerprint density at radius 3 is 3.00 bits per heavy atom. The van der Waals surface area contributed by atoms with E-state index < -0.39 is 18.7 Å². The van der Waals surface area contributed by atoms with Crippen LogP contribution in [0.25, 0.3) is 11.5 Å². The fraction of sp³-hybridized carbons (Fsp3) is 0.214. The van der Waals surface area contributed by atoms with Crippen LogP contribution < -0.4 is 5.32 Å². The molecule has 3 rings (SSSR count). The molecule has 0 aliphatic rings. The number of ether oxygens (including phenoxy) is 1. The first-order valence-corrected chi connectivity index (χ1v) is 6.98. The number of nitrogens with one attached hydrogen (secondary N) is 2. The van der Waals surface area contributed by atoms with Gasteiger partial charge in [0.05, 0.1) is 24.3 Å². The summed E-state index contributed by atoms with van der Waals surface area (Å²) < 4.78 is 46.8. The third-order valence-electron chi connectivity index (χ3n) is 2.98. The van der Waals surface area contributed by atoms with Gasteiger partial charge in [0.25, 0.3) is 5.91 Å². The first-order valence-electron chi connectivity index (χ1n) is 6.98. The Balaban J connectivity index is 1.57. The summed E-state index contributed by atoms with van der Waals surface area (Å²) in [7, 11) is 0. The van der Waals surface area contributed by atoms with E-state index in [-0.39, 0.29) is 12.4 Å². The van der Waals surface area contributed by atoms with Gasteiger partial charge in [0.2, 0.25) is 0 Å². The minimum Gasteiger partial charge on any atom is -0.463 e. The second-order valence-corrected chi connectivity index (χ2v) is 4.96. The summed E-state index contributed by atoms with van der Waals surface area (Å²) in [5, 5.41) is 12.9. The number of carbonyl (C=O) groups is 1. The lowest BCUT2D eigenvalue weighted by Crippen LogP contribution is -2.18. The summed E-state index contributed by atoms with van der Waals surface area (Å²) in [6.45, 7) is -1.77. The molecule has 0 aromatic carbocycles. The minimum atomic E-state index is -4.41. The average Bonchev–Trinajstić information content (AvgIpc) is 3.27. The predicted molar refractivity (Wildman–Crippen MR) is 78.5 cm³/mol. The molecular formula is C14H12F3N5O3. The molecular weight excluding hydrogens is 343 g/mol. The highest BCUT2D eigenvalue weighted by molar-refractivity contribution is 6.03. The Kier molecular flexibility index (Phi) is 4.57. The van der Waals surface area contributed by atoms with E-state index in [1.807, 2.05) is 0 Å². The van der Waals surface area contributed by atoms with E-state index in [0.717, 1.165) is 4.68 Å². The Morgan fingerprint density at radius 1 is 1.44 bits per heavy atom. The highest BCUT2D eigenvalue weighted by Crippen LogP contribution is 2.18. The molecule has 1 amide bonds. The van der Waals surface area contributed by atoms with Gasteiger partial charge in [-0.15, -0.1) is 0 Å². The lowest BCUT2D eigenvalue weighted by atomic mass is 10.3. The number of H-pyrrole nitrogens is 1. The number of aromatic nitrogens is 4. The second-order valence-electron chi connectivity index (χ2n) is 4.96. The summed E-state index contributed by atoms with van der Waals surface area (Å²) in [6, 6.07) is 4.91. The fourth-order valence-electron chi connectivity index (χ4n) is 1.94. The molecule has 132 valence electrons. The largest absolute Gasteiger partial charge is 0.463 e. The van der Waals surface area contributed by atoms with Crippen molar-refractivity contribution in [3.05, 3.63) is 42.5 Å². The van der Waals surface area contributed by atoms with E-state index in [1.54, 1.807) is 12.1 Å². The lowest BCUT2D eigenvalue weighted by molar-refractivity contribution is -0.182. The third-order valence-corrected chi connectivity index (χ3v) is 2.98. The Morgan fingerprint density at radius 2 is 2.28 bits per heavy atom. The molecule has 8 nitrogen and oxygen atoms in total. The molecule has 2 N–H and O–H groups in total. The quantitative estimate of drug-likeness (QED) is 0.708. The molecule has 0 saturated heterocycles. The van der Waals surface area contributed by atoms with Gasteiger partial charge in [0.15, 0.2) is 11.5 Å². The van der Waals surface area contributed by atoms with Crippen LogP contribution in [0.5, 0.6) is 0 Å². The van der Waals surface area contributed by atoms with Crippen molar-refractivity contribution in [3.63, 3.8) is 0 Å². The molecule has 0 aliphatic heterocycles. The van der Waals surface area contributed by atoms with Crippen LogP contribution in [0.4, 0.5) is 18.9 Å². The molecule has 0 atom stereocenters. The Labute approximate surface area is 138 Å². The number of furan rings is 1. The highest BCUT2D eigenvalue weighted by Gasteiger charge is 2.27. The SMILES string of the molecule is O=C(Nc1cnn(COCC(F)(F)F)c1)c1cc(-c2ccco2)[nH]n1. The summed E-state index contributed by atoms with van der Waals surface area (Å²) in [5.41, 5.74) is 0.946. The topological polar surface area (TPSA) is 98.0 Å². The zero-order valence-electron chi connectivity index (χ0n) is 12.6. The van der Waals surface area contributed by atoms with Gasteiger partial charge in [-0.25, -0.2) is 4.68 Å². The standard InChI is InChI=1S/C14H12F3N5O3/c15-14(16,17)7-24-8-22-6-9(5-18-22)19-13(23)11-4-10(20-21-11)12-2-1-3-25-12/h1-6H,7-8H2,(H,19,23)(H,20,21). The number of rotatable bonds is 6. The van der Waals surface area contributed by atoms with Gasteiger partial charge in [0.1, 0.15) is 19.0 Å². The summed E-state index contributed by atoms with van der Waals surface area (Å²) in [5.74, 6) is 0.0194. The lowest BCUT2D eigenvalue weighted by Gasteiger charge is -2.07. The summed E-state index contributed by atoms with van der Waals surface area (Å²) >= 11 is 0. The number of amides is 1. The normalized spacial score (nSPS) is 11.6. The van der Waals surface area contributed by atoms with Crippen LogP contribution in [-0.4, -0.2) is 38.7 Å². The van der Waals surface area contributed by atoms with Gasteiger partial charge in [0, 0.05) is 6.07 Å². The van der Waals surface area contributed by atoms with Crippen molar-refractivity contribution in [1.29, 1.82) is 0 Å². The summed E-state index contributed by atoms with van der Waals surface area (Å²) in [6.07, 6.45) is -0.287. The predicted octanol–water partition coefficient (Wildman–Crippen LogP) is 2.65. The molecule has 0 fully saturated rings. The number of alkyl halides is 3. The smallest absolute Gasteiger partial charge is 0.411 e. The average molecular weight is 355 g/mol. The van der Waals surface area contributed by atoms with Crippen molar-refractivity contribution in [2.45, 2.75) is 12.9 Å². The first-order chi connectivity index (χ1) is 11.9. The Hall–Kier alpha value is -3.08. The molecule has 0 radical (unpaired) electrons. The van der Waals surface area contributed by atoms with E-state index >= 15 is 0 Å². The third kappa shape index (κ3) is 4.47. The molecule has 0 saturated carbocycles. The number of hydrogen-bond acceptors (Lipinski definition) is 5. The van der Waals surface area contributed by atoms with Crippen molar-refractivity contribution in [2.75, 3.05) is 11.9 Å². The highest BCUT2D eigenvalue weighted by atomic mass is 19.4. The van der Waals surface area contributed by atoms with Gasteiger partial charge >= 0.3 is 6.18 Å². The number of halogens is 3. The maximum absolute atomic E-state index is 12.1. The van der Waals surface area contributed by atoms with Crippen LogP contribution in [-0.2, 0) is 11.5 Å². The molecule has 3 heterocycles. The van der Waals surface area contributed by atoms with Crippen molar-refractivity contribution in [2.24, 2.45) is 0 Å². The minimum absolute atomic E-state index is 0.118. The zero-order valence-corrected chi connectivity index (χ0v) is 12.6. The van der Waals surface area contributed by atoms with Crippen molar-refractivity contribution >= 4 is 11.6 Å². The molecule has 25 heavy (non-hydrogen) atoms. The van der Waals surface area contributed by atoms with Gasteiger partial charge in [-0.3, -0.25) is 9.89 Å². The van der Waals surface area contributed by atoms with Crippen LogP contribution in [0.15, 0.2) is 41.3 Å². The Bertz CT molecular complexity index is 838. The van der Waals surface area contributed by atoms with E-state index in [9.17, 15) is 18.0 Å². The molecule has 0 aliphatic carbocycles. The van der Waals surface area contributed by atoms with Crippen LogP contribution in [0.1, 0.15) is 10.5 Å². The van der Waals surface area contributed by atoms with E-state index in [0.29, 0.717) is 17.1 Å². The van der Waals surface area contributed by atoms with Crippen LogP contribution in [0, 0.1) is 0 Å². The van der Waals surface area contributed by atoms with Crippen molar-refractivity contribution < 1.29 is 27.1 Å². The van der Waals surface area contributed by atoms with Crippen LogP contribution in [0.3, 0.4) is 0 Å². The summed E-state index contributed by atoms with van der Waals surface area (Å²) in [4.78, 5) is 12.1. The van der Waals surface area contributed by atoms with Crippen molar-refractivity contribution in [1.82, 2.24) is 20.0 Å². The maximum atomic E-state index is 12.1. The molecule has 0 unspecified atom stereocenters. The van der Waals surface area contributed by atoms with E-state index in [2.05, 4.69) is 25.3 Å². The number of nitrogens with zero attached hydrogens (tertiary/aromatic N) is 3. The van der Waals surface area contributed by atoms with E-state index in [1.165, 1.54) is 24.7 Å². The number of hydrogen-bond donors (Lipinski definition) is 2. The van der Waals surface area contributed by atoms with Crippen LogP contribution in [0.2, 0.25) is 0 Å². The first kappa shape index (κ1) is 16.8. The molecule has 0 bridgehead atoms. The number of aromatic amines is 1. The number of carbonyl (C=O) groups excluding carboxylic acids is 1. The second kappa shape index (κ2) is 6.81. The molecule has 3 aromatic rings. The fourth-order valence-corrected chi connectivity index (χ4v) is 1.94. The molecule has 11 heteroatoms. The van der Waals surface area contributed by atoms with E-state index in [4.69, 9.17) is 4.42 Å². The maximum Gasteiger partial charge on any atom is 0.411 e. The zero-order chi connectivity index (χ0) is 17.9. The monoisotopic (exact) mass is 355 g/mol. The molecule has 3 aromatic heterocycles. The van der Waals surface area contributed by atoms with Crippen LogP contribution >= 0.6 is 0 Å². The number of anilines is 1. The van der Waals surface area contributed by atoms with Crippen molar-refractivity contribution in [3.8, 4) is 11.5 Å². The van der Waals surface area contributed by atoms with Gasteiger partial charge in [-0.1, -0.05) is 0 Å². The van der Waals surface area contributed by atoms with Gasteiger partial charge in [-0.2, -0.15) is 23.4 Å². The van der Waals surface area contributed by atoms with Gasteiger partial charge < -0.3 is 14.5 Å². The van der Waals surface area contributed by atoms with Gasteiger partial charge in [-0.05, 0) is 12.1 Å².